The van der Waals surface area contributed by atoms with Crippen molar-refractivity contribution < 1.29 is 0 Å². The predicted molar refractivity (Wildman–Crippen MR) is 204 cm³/mol. The normalized spacial score (nSPS) is 11.6. The van der Waals surface area contributed by atoms with Gasteiger partial charge in [0.15, 0.2) is 0 Å². The molecule has 7 aromatic carbocycles. The highest BCUT2D eigenvalue weighted by atomic mass is 32.1. The first-order valence-corrected chi connectivity index (χ1v) is 16.9. The summed E-state index contributed by atoms with van der Waals surface area (Å²) in [7, 11) is 0. The Morgan fingerprint density at radius 2 is 1.08 bits per heavy atom. The third kappa shape index (κ3) is 3.82. The average molecular weight is 641 g/mol. The smallest absolute Gasteiger partial charge is 0.204 e. The van der Waals surface area contributed by atoms with Crippen LogP contribution in [-0.4, -0.2) is 9.13 Å². The first kappa shape index (κ1) is 27.5. The molecule has 10 rings (SSSR count). The van der Waals surface area contributed by atoms with Crippen LogP contribution in [0, 0.1) is 17.9 Å². The van der Waals surface area contributed by atoms with Gasteiger partial charge in [-0.05, 0) is 59.3 Å². The molecule has 0 fully saturated rings. The van der Waals surface area contributed by atoms with Crippen LogP contribution in [0.15, 0.2) is 146 Å². The number of benzene rings is 7. The fraction of sp³-hybridized carbons (Fsp3) is 0. The van der Waals surface area contributed by atoms with E-state index in [2.05, 4.69) is 141 Å². The first-order valence-electron chi connectivity index (χ1n) is 16.1. The Bertz CT molecular complexity index is 3090. The van der Waals surface area contributed by atoms with Crippen molar-refractivity contribution in [2.45, 2.75) is 0 Å². The number of fused-ring (bicyclic) bond motifs is 10. The van der Waals surface area contributed by atoms with Gasteiger partial charge in [0.05, 0.1) is 51.6 Å². The van der Waals surface area contributed by atoms with Gasteiger partial charge in [-0.25, -0.2) is 4.85 Å². The molecule has 10 aromatic rings. The topological polar surface area (TPSA) is 38.0 Å². The van der Waals surface area contributed by atoms with E-state index in [-0.39, 0.29) is 0 Å². The maximum atomic E-state index is 9.71. The maximum absolute atomic E-state index is 9.71. The monoisotopic (exact) mass is 640 g/mol. The minimum absolute atomic E-state index is 0.651. The molecule has 3 heterocycles. The zero-order valence-corrected chi connectivity index (χ0v) is 26.9. The fourth-order valence-corrected chi connectivity index (χ4v) is 9.05. The molecule has 49 heavy (non-hydrogen) atoms. The van der Waals surface area contributed by atoms with Gasteiger partial charge in [-0.1, -0.05) is 97.1 Å². The second-order valence-corrected chi connectivity index (χ2v) is 13.3. The summed E-state index contributed by atoms with van der Waals surface area (Å²) >= 11 is 1.72. The molecule has 0 radical (unpaired) electrons. The number of nitrogens with zero attached hydrogens (tertiary/aromatic N) is 4. The third-order valence-electron chi connectivity index (χ3n) is 9.78. The fourth-order valence-electron chi connectivity index (χ4n) is 7.74. The predicted octanol–water partition coefficient (Wildman–Crippen LogP) is 12.3. The Morgan fingerprint density at radius 3 is 1.82 bits per heavy atom. The average Bonchev–Trinajstić information content (AvgIpc) is 3.82. The van der Waals surface area contributed by atoms with Crippen LogP contribution in [0.3, 0.4) is 0 Å². The zero-order chi connectivity index (χ0) is 32.6. The molecule has 0 aliphatic carbocycles. The van der Waals surface area contributed by atoms with E-state index >= 15 is 0 Å². The number of para-hydroxylation sites is 4. The van der Waals surface area contributed by atoms with E-state index in [1.807, 2.05) is 24.3 Å². The van der Waals surface area contributed by atoms with Crippen LogP contribution in [0.1, 0.15) is 5.56 Å². The molecule has 0 aliphatic heterocycles. The summed E-state index contributed by atoms with van der Waals surface area (Å²) in [6.07, 6.45) is 0. The second-order valence-electron chi connectivity index (χ2n) is 12.3. The van der Waals surface area contributed by atoms with E-state index < -0.39 is 0 Å². The Labute approximate surface area is 285 Å². The van der Waals surface area contributed by atoms with Gasteiger partial charge in [0.2, 0.25) is 5.69 Å². The van der Waals surface area contributed by atoms with Gasteiger partial charge in [-0.2, -0.15) is 5.26 Å². The molecule has 5 heteroatoms. The third-order valence-corrected chi connectivity index (χ3v) is 11.0. The standard InChI is InChI=1S/C44H24N4S/c1-46-35-16-10-15-31-32-22-24-41-42(44(32)49-43(31)35)33-14-5-9-20-39(33)48(41)37-18-7-3-12-29(37)28-11-2-6-17-36(28)47-38-19-8-4-13-30(38)34-25-27(26-45)21-23-40(34)47/h2-25H. The van der Waals surface area contributed by atoms with Gasteiger partial charge in [0, 0.05) is 42.1 Å². The number of aromatic nitrogens is 2. The molecule has 0 amide bonds. The summed E-state index contributed by atoms with van der Waals surface area (Å²) in [5, 5.41) is 16.6. The summed E-state index contributed by atoms with van der Waals surface area (Å²) in [6, 6.07) is 53.2. The van der Waals surface area contributed by atoms with Crippen molar-refractivity contribution in [3.8, 4) is 28.6 Å². The number of hydrogen-bond acceptors (Lipinski definition) is 2. The molecule has 0 saturated heterocycles. The summed E-state index contributed by atoms with van der Waals surface area (Å²) in [5.41, 5.74) is 10.2. The first-order chi connectivity index (χ1) is 24.2. The van der Waals surface area contributed by atoms with Crippen LogP contribution < -0.4 is 0 Å². The number of rotatable bonds is 3. The lowest BCUT2D eigenvalue weighted by molar-refractivity contribution is 1.16. The highest BCUT2D eigenvalue weighted by Gasteiger charge is 2.22. The van der Waals surface area contributed by atoms with Gasteiger partial charge < -0.3 is 9.13 Å². The van der Waals surface area contributed by atoms with Crippen LogP contribution in [0.25, 0.3) is 91.1 Å². The van der Waals surface area contributed by atoms with Crippen LogP contribution in [0.5, 0.6) is 0 Å². The molecule has 0 bridgehead atoms. The van der Waals surface area contributed by atoms with E-state index in [0.29, 0.717) is 11.3 Å². The quantitative estimate of drug-likeness (QED) is 0.177. The molecule has 4 nitrogen and oxygen atoms in total. The van der Waals surface area contributed by atoms with Crippen molar-refractivity contribution in [1.82, 2.24) is 9.13 Å². The zero-order valence-electron chi connectivity index (χ0n) is 26.1. The van der Waals surface area contributed by atoms with E-state index in [9.17, 15) is 5.26 Å². The summed E-state index contributed by atoms with van der Waals surface area (Å²) in [5.74, 6) is 0. The highest BCUT2D eigenvalue weighted by molar-refractivity contribution is 7.27. The molecule has 226 valence electrons. The molecular weight excluding hydrogens is 617 g/mol. The maximum Gasteiger partial charge on any atom is 0.204 e. The van der Waals surface area contributed by atoms with Crippen LogP contribution in [-0.2, 0) is 0 Å². The second kappa shape index (κ2) is 10.4. The molecule has 0 aliphatic rings. The van der Waals surface area contributed by atoms with Crippen molar-refractivity contribution in [3.63, 3.8) is 0 Å². The van der Waals surface area contributed by atoms with Gasteiger partial charge in [0.1, 0.15) is 0 Å². The van der Waals surface area contributed by atoms with E-state index in [1.54, 1.807) is 11.3 Å². The Kier molecular flexibility index (Phi) is 5.84. The van der Waals surface area contributed by atoms with Gasteiger partial charge >= 0.3 is 0 Å². The molecule has 3 aromatic heterocycles. The Morgan fingerprint density at radius 1 is 0.510 bits per heavy atom. The largest absolute Gasteiger partial charge is 0.309 e. The lowest BCUT2D eigenvalue weighted by atomic mass is 10.0. The molecule has 0 N–H and O–H groups in total. The van der Waals surface area contributed by atoms with Crippen molar-refractivity contribution >= 4 is 80.8 Å². The van der Waals surface area contributed by atoms with E-state index in [0.717, 1.165) is 65.4 Å². The summed E-state index contributed by atoms with van der Waals surface area (Å²) in [4.78, 5) is 3.85. The van der Waals surface area contributed by atoms with Crippen molar-refractivity contribution in [1.29, 1.82) is 5.26 Å². The van der Waals surface area contributed by atoms with E-state index in [4.69, 9.17) is 6.57 Å². The van der Waals surface area contributed by atoms with Gasteiger partial charge in [0.25, 0.3) is 0 Å². The molecule has 0 saturated carbocycles. The Hall–Kier alpha value is -6.66. The minimum Gasteiger partial charge on any atom is -0.309 e. The van der Waals surface area contributed by atoms with Crippen LogP contribution in [0.4, 0.5) is 5.69 Å². The molecule has 0 unspecified atom stereocenters. The summed E-state index contributed by atoms with van der Waals surface area (Å²) in [6.45, 7) is 7.80. The molecular formula is C44H24N4S. The summed E-state index contributed by atoms with van der Waals surface area (Å²) < 4.78 is 6.98. The number of thiophene rings is 1. The lowest BCUT2D eigenvalue weighted by Crippen LogP contribution is -2.01. The van der Waals surface area contributed by atoms with Crippen LogP contribution >= 0.6 is 11.3 Å². The number of hydrogen-bond donors (Lipinski definition) is 0. The SMILES string of the molecule is [C-]#[N+]c1cccc2c1sc1c2ccc2c1c1ccccc1n2-c1ccccc1-c1ccccc1-n1c2ccccc2c2cc(C#N)ccc21. The molecule has 0 atom stereocenters. The Balaban J connectivity index is 1.28. The van der Waals surface area contributed by atoms with Crippen molar-refractivity contribution in [2.75, 3.05) is 0 Å². The van der Waals surface area contributed by atoms with Crippen molar-refractivity contribution in [2.24, 2.45) is 0 Å². The lowest BCUT2D eigenvalue weighted by Gasteiger charge is -2.18. The van der Waals surface area contributed by atoms with Crippen molar-refractivity contribution in [3.05, 3.63) is 163 Å². The highest BCUT2D eigenvalue weighted by Crippen LogP contribution is 2.47. The van der Waals surface area contributed by atoms with Gasteiger partial charge in [-0.3, -0.25) is 0 Å². The van der Waals surface area contributed by atoms with E-state index in [1.165, 1.54) is 20.9 Å². The molecule has 0 spiro atoms. The van der Waals surface area contributed by atoms with Crippen LogP contribution in [0.2, 0.25) is 0 Å². The number of nitriles is 1. The minimum atomic E-state index is 0.651. The van der Waals surface area contributed by atoms with Gasteiger partial charge in [-0.15, -0.1) is 11.3 Å².